The number of hydrogen-bond donors (Lipinski definition) is 1. The molecule has 0 unspecified atom stereocenters. The fourth-order valence-corrected chi connectivity index (χ4v) is 1.75. The first-order valence-corrected chi connectivity index (χ1v) is 5.45. The Morgan fingerprint density at radius 2 is 1.60 bits per heavy atom. The Bertz CT molecular complexity index is 217. The first-order chi connectivity index (χ1) is 7.05. The van der Waals surface area contributed by atoms with Crippen LogP contribution in [0.1, 0.15) is 46.5 Å². The summed E-state index contributed by atoms with van der Waals surface area (Å²) < 4.78 is 4.85. The average molecular weight is 216 g/mol. The molecule has 0 heterocycles. The number of rotatable bonds is 7. The summed E-state index contributed by atoms with van der Waals surface area (Å²) in [6, 6.07) is 0. The second-order valence-corrected chi connectivity index (χ2v) is 3.61. The van der Waals surface area contributed by atoms with Gasteiger partial charge in [-0.2, -0.15) is 0 Å². The predicted molar refractivity (Wildman–Crippen MR) is 56.5 cm³/mol. The summed E-state index contributed by atoms with van der Waals surface area (Å²) in [4.78, 5) is 22.9. The highest BCUT2D eigenvalue weighted by molar-refractivity contribution is 5.99. The molecular weight excluding hydrogens is 196 g/mol. The quantitative estimate of drug-likeness (QED) is 0.523. The number of carboxylic acids is 1. The summed E-state index contributed by atoms with van der Waals surface area (Å²) in [6.07, 6.45) is 2.00. The van der Waals surface area contributed by atoms with Gasteiger partial charge in [0.05, 0.1) is 6.61 Å². The van der Waals surface area contributed by atoms with Crippen LogP contribution in [0.25, 0.3) is 0 Å². The molecule has 0 amide bonds. The zero-order valence-electron chi connectivity index (χ0n) is 9.71. The Morgan fingerprint density at radius 1 is 1.13 bits per heavy atom. The van der Waals surface area contributed by atoms with Gasteiger partial charge in [-0.25, -0.2) is 0 Å². The van der Waals surface area contributed by atoms with Gasteiger partial charge in [0, 0.05) is 0 Å². The molecule has 0 saturated carbocycles. The van der Waals surface area contributed by atoms with Crippen LogP contribution in [0, 0.1) is 5.41 Å². The van der Waals surface area contributed by atoms with Crippen LogP contribution in [-0.2, 0) is 14.3 Å². The Balaban J connectivity index is 4.92. The number of esters is 1. The van der Waals surface area contributed by atoms with E-state index in [2.05, 4.69) is 0 Å². The second kappa shape index (κ2) is 6.43. The molecule has 0 aliphatic rings. The van der Waals surface area contributed by atoms with Gasteiger partial charge >= 0.3 is 11.9 Å². The minimum atomic E-state index is -1.33. The lowest BCUT2D eigenvalue weighted by atomic mass is 9.79. The van der Waals surface area contributed by atoms with Crippen molar-refractivity contribution in [3.63, 3.8) is 0 Å². The average Bonchev–Trinajstić information content (AvgIpc) is 2.17. The highest BCUT2D eigenvalue weighted by atomic mass is 16.5. The Hall–Kier alpha value is -1.06. The van der Waals surface area contributed by atoms with Crippen molar-refractivity contribution in [3.8, 4) is 0 Å². The molecule has 0 aliphatic carbocycles. The summed E-state index contributed by atoms with van der Waals surface area (Å²) in [7, 11) is 0. The SMILES string of the molecule is CCCC(CCC)(C(=O)O)C(=O)OCC. The van der Waals surface area contributed by atoms with E-state index in [1.807, 2.05) is 13.8 Å². The molecule has 0 radical (unpaired) electrons. The van der Waals surface area contributed by atoms with E-state index >= 15 is 0 Å². The third-order valence-electron chi connectivity index (χ3n) is 2.43. The minimum absolute atomic E-state index is 0.224. The lowest BCUT2D eigenvalue weighted by molar-refractivity contribution is -0.170. The normalized spacial score (nSPS) is 11.1. The van der Waals surface area contributed by atoms with Gasteiger partial charge in [0.1, 0.15) is 0 Å². The standard InChI is InChI=1S/C11H20O4/c1-4-7-11(8-5-2,9(12)13)10(14)15-6-3/h4-8H2,1-3H3,(H,12,13). The molecule has 0 aromatic carbocycles. The lowest BCUT2D eigenvalue weighted by Crippen LogP contribution is -2.40. The Morgan fingerprint density at radius 3 is 1.87 bits per heavy atom. The van der Waals surface area contributed by atoms with Crippen molar-refractivity contribution >= 4 is 11.9 Å². The maximum atomic E-state index is 11.7. The second-order valence-electron chi connectivity index (χ2n) is 3.61. The zero-order valence-corrected chi connectivity index (χ0v) is 9.71. The molecule has 0 aromatic heterocycles. The van der Waals surface area contributed by atoms with Crippen LogP contribution in [0.4, 0.5) is 0 Å². The van der Waals surface area contributed by atoms with Gasteiger partial charge in [0.25, 0.3) is 0 Å². The number of aliphatic carboxylic acids is 1. The molecular formula is C11H20O4. The van der Waals surface area contributed by atoms with Crippen molar-refractivity contribution in [2.75, 3.05) is 6.61 Å². The third-order valence-corrected chi connectivity index (χ3v) is 2.43. The molecule has 1 N–H and O–H groups in total. The fourth-order valence-electron chi connectivity index (χ4n) is 1.75. The minimum Gasteiger partial charge on any atom is -0.480 e. The number of carbonyl (C=O) groups excluding carboxylic acids is 1. The van der Waals surface area contributed by atoms with Crippen LogP contribution >= 0.6 is 0 Å². The molecule has 4 nitrogen and oxygen atoms in total. The van der Waals surface area contributed by atoms with Crippen molar-refractivity contribution in [3.05, 3.63) is 0 Å². The van der Waals surface area contributed by atoms with E-state index in [1.54, 1.807) is 6.92 Å². The van der Waals surface area contributed by atoms with Crippen LogP contribution in [0.2, 0.25) is 0 Å². The number of carboxylic acid groups (broad SMARTS) is 1. The van der Waals surface area contributed by atoms with Crippen molar-refractivity contribution < 1.29 is 19.4 Å². The van der Waals surface area contributed by atoms with E-state index in [0.29, 0.717) is 25.7 Å². The van der Waals surface area contributed by atoms with E-state index in [1.165, 1.54) is 0 Å². The van der Waals surface area contributed by atoms with E-state index in [-0.39, 0.29) is 6.61 Å². The predicted octanol–water partition coefficient (Wildman–Crippen LogP) is 2.22. The van der Waals surface area contributed by atoms with Crippen LogP contribution < -0.4 is 0 Å². The summed E-state index contributed by atoms with van der Waals surface area (Å²) in [5.74, 6) is -1.66. The summed E-state index contributed by atoms with van der Waals surface area (Å²) in [5, 5.41) is 9.18. The largest absolute Gasteiger partial charge is 0.480 e. The highest BCUT2D eigenvalue weighted by Crippen LogP contribution is 2.32. The molecule has 0 saturated heterocycles. The fraction of sp³-hybridized carbons (Fsp3) is 0.818. The van der Waals surface area contributed by atoms with Crippen LogP contribution in [0.3, 0.4) is 0 Å². The molecule has 0 aliphatic heterocycles. The molecule has 0 bridgehead atoms. The van der Waals surface area contributed by atoms with Crippen molar-refractivity contribution in [1.29, 1.82) is 0 Å². The van der Waals surface area contributed by atoms with Gasteiger partial charge in [-0.05, 0) is 19.8 Å². The Kier molecular flexibility index (Phi) is 5.97. The molecule has 0 rings (SSSR count). The van der Waals surface area contributed by atoms with E-state index in [0.717, 1.165) is 0 Å². The van der Waals surface area contributed by atoms with Crippen molar-refractivity contribution in [1.82, 2.24) is 0 Å². The van der Waals surface area contributed by atoms with Gasteiger partial charge < -0.3 is 9.84 Å². The highest BCUT2D eigenvalue weighted by Gasteiger charge is 2.45. The lowest BCUT2D eigenvalue weighted by Gasteiger charge is -2.26. The first-order valence-electron chi connectivity index (χ1n) is 5.45. The first kappa shape index (κ1) is 13.9. The maximum Gasteiger partial charge on any atom is 0.323 e. The molecule has 0 spiro atoms. The van der Waals surface area contributed by atoms with Gasteiger partial charge in [0.15, 0.2) is 5.41 Å². The Labute approximate surface area is 90.6 Å². The number of hydrogen-bond acceptors (Lipinski definition) is 3. The smallest absolute Gasteiger partial charge is 0.323 e. The summed E-state index contributed by atoms with van der Waals surface area (Å²) in [6.45, 7) is 5.64. The number of ether oxygens (including phenoxy) is 1. The maximum absolute atomic E-state index is 11.7. The van der Waals surface area contributed by atoms with Crippen molar-refractivity contribution in [2.24, 2.45) is 5.41 Å². The summed E-state index contributed by atoms with van der Waals surface area (Å²) in [5.41, 5.74) is -1.33. The van der Waals surface area contributed by atoms with E-state index < -0.39 is 17.4 Å². The van der Waals surface area contributed by atoms with E-state index in [4.69, 9.17) is 4.74 Å². The molecule has 88 valence electrons. The molecule has 0 atom stereocenters. The monoisotopic (exact) mass is 216 g/mol. The van der Waals surface area contributed by atoms with Crippen LogP contribution in [-0.4, -0.2) is 23.7 Å². The van der Waals surface area contributed by atoms with E-state index in [9.17, 15) is 14.7 Å². The van der Waals surface area contributed by atoms with Crippen molar-refractivity contribution in [2.45, 2.75) is 46.5 Å². The number of carbonyl (C=O) groups is 2. The van der Waals surface area contributed by atoms with Gasteiger partial charge in [-0.15, -0.1) is 0 Å². The van der Waals surface area contributed by atoms with Crippen LogP contribution in [0.15, 0.2) is 0 Å². The van der Waals surface area contributed by atoms with Gasteiger partial charge in [-0.1, -0.05) is 26.7 Å². The zero-order chi connectivity index (χ0) is 11.9. The summed E-state index contributed by atoms with van der Waals surface area (Å²) >= 11 is 0. The van der Waals surface area contributed by atoms with Gasteiger partial charge in [-0.3, -0.25) is 9.59 Å². The molecule has 0 aromatic rings. The topological polar surface area (TPSA) is 63.6 Å². The molecule has 0 fully saturated rings. The third kappa shape index (κ3) is 3.22. The molecule has 4 heteroatoms. The van der Waals surface area contributed by atoms with Crippen LogP contribution in [0.5, 0.6) is 0 Å². The van der Waals surface area contributed by atoms with Gasteiger partial charge in [0.2, 0.25) is 0 Å². The molecule has 15 heavy (non-hydrogen) atoms.